The van der Waals surface area contributed by atoms with E-state index in [-0.39, 0.29) is 12.0 Å². The Morgan fingerprint density at radius 2 is 2.06 bits per heavy atom. The summed E-state index contributed by atoms with van der Waals surface area (Å²) in [4.78, 5) is 0. The molecular weight excluding hydrogens is 212 g/mol. The van der Waals surface area contributed by atoms with E-state index >= 15 is 0 Å². The van der Waals surface area contributed by atoms with Gasteiger partial charge in [-0.2, -0.15) is 5.10 Å². The average molecular weight is 232 g/mol. The molecule has 0 spiro atoms. The van der Waals surface area contributed by atoms with E-state index in [1.165, 1.54) is 24.8 Å². The van der Waals surface area contributed by atoms with Crippen molar-refractivity contribution in [3.63, 3.8) is 0 Å². The van der Waals surface area contributed by atoms with Gasteiger partial charge in [0, 0.05) is 5.41 Å². The Morgan fingerprint density at radius 3 is 2.71 bits per heavy atom. The molecule has 0 aliphatic heterocycles. The van der Waals surface area contributed by atoms with E-state index < -0.39 is 0 Å². The zero-order chi connectivity index (χ0) is 12.1. The summed E-state index contributed by atoms with van der Waals surface area (Å²) in [6.07, 6.45) is 7.49. The second-order valence-electron chi connectivity index (χ2n) is 4.90. The molecule has 17 heavy (non-hydrogen) atoms. The SMILES string of the molecule is NN=Cc1cccc(C2(CO)CCCCC2)c1. The van der Waals surface area contributed by atoms with Crippen LogP contribution in [-0.2, 0) is 5.41 Å². The lowest BCUT2D eigenvalue weighted by atomic mass is 9.70. The molecular formula is C14H20N2O. The second-order valence-corrected chi connectivity index (χ2v) is 4.90. The van der Waals surface area contributed by atoms with Crippen LogP contribution in [0.3, 0.4) is 0 Å². The molecule has 0 atom stereocenters. The fraction of sp³-hybridized carbons (Fsp3) is 0.500. The van der Waals surface area contributed by atoms with Crippen molar-refractivity contribution in [2.75, 3.05) is 6.61 Å². The van der Waals surface area contributed by atoms with Gasteiger partial charge in [-0.05, 0) is 30.0 Å². The fourth-order valence-corrected chi connectivity index (χ4v) is 2.80. The molecule has 2 rings (SSSR count). The first kappa shape index (κ1) is 12.1. The minimum atomic E-state index is -0.0449. The third kappa shape index (κ3) is 2.50. The highest BCUT2D eigenvalue weighted by Gasteiger charge is 2.33. The van der Waals surface area contributed by atoms with E-state index in [1.807, 2.05) is 12.1 Å². The van der Waals surface area contributed by atoms with Crippen molar-refractivity contribution in [3.8, 4) is 0 Å². The highest BCUT2D eigenvalue weighted by atomic mass is 16.3. The number of nitrogens with two attached hydrogens (primary N) is 1. The van der Waals surface area contributed by atoms with E-state index in [9.17, 15) is 5.11 Å². The maximum absolute atomic E-state index is 9.76. The summed E-state index contributed by atoms with van der Waals surface area (Å²) in [6, 6.07) is 8.19. The van der Waals surface area contributed by atoms with Gasteiger partial charge in [-0.1, -0.05) is 37.5 Å². The van der Waals surface area contributed by atoms with Crippen LogP contribution in [0.25, 0.3) is 0 Å². The average Bonchev–Trinajstić information content (AvgIpc) is 2.40. The highest BCUT2D eigenvalue weighted by Crippen LogP contribution is 2.39. The fourth-order valence-electron chi connectivity index (χ4n) is 2.80. The molecule has 1 aliphatic carbocycles. The number of aliphatic hydroxyl groups excluding tert-OH is 1. The van der Waals surface area contributed by atoms with E-state index in [4.69, 9.17) is 5.84 Å². The molecule has 0 aromatic heterocycles. The first-order chi connectivity index (χ1) is 8.30. The zero-order valence-corrected chi connectivity index (χ0v) is 10.1. The molecule has 0 bridgehead atoms. The van der Waals surface area contributed by atoms with E-state index in [0.717, 1.165) is 18.4 Å². The summed E-state index contributed by atoms with van der Waals surface area (Å²) < 4.78 is 0. The van der Waals surface area contributed by atoms with Crippen molar-refractivity contribution in [3.05, 3.63) is 35.4 Å². The minimum absolute atomic E-state index is 0.0449. The van der Waals surface area contributed by atoms with Crippen molar-refractivity contribution < 1.29 is 5.11 Å². The van der Waals surface area contributed by atoms with Crippen LogP contribution in [0, 0.1) is 0 Å². The molecule has 3 nitrogen and oxygen atoms in total. The van der Waals surface area contributed by atoms with Crippen molar-refractivity contribution in [2.24, 2.45) is 10.9 Å². The van der Waals surface area contributed by atoms with Gasteiger partial charge in [0.1, 0.15) is 0 Å². The van der Waals surface area contributed by atoms with Gasteiger partial charge in [-0.3, -0.25) is 0 Å². The van der Waals surface area contributed by atoms with Gasteiger partial charge < -0.3 is 10.9 Å². The number of benzene rings is 1. The molecule has 1 aliphatic rings. The smallest absolute Gasteiger partial charge is 0.0538 e. The van der Waals surface area contributed by atoms with Gasteiger partial charge in [0.05, 0.1) is 12.8 Å². The molecule has 0 amide bonds. The molecule has 0 radical (unpaired) electrons. The Bertz CT molecular complexity index is 395. The second kappa shape index (κ2) is 5.32. The molecule has 0 unspecified atom stereocenters. The van der Waals surface area contributed by atoms with Gasteiger partial charge >= 0.3 is 0 Å². The highest BCUT2D eigenvalue weighted by molar-refractivity contribution is 5.79. The largest absolute Gasteiger partial charge is 0.395 e. The van der Waals surface area contributed by atoms with E-state index in [1.54, 1.807) is 6.21 Å². The number of hydrogen-bond acceptors (Lipinski definition) is 3. The van der Waals surface area contributed by atoms with Crippen LogP contribution in [0.5, 0.6) is 0 Å². The van der Waals surface area contributed by atoms with Crippen molar-refractivity contribution in [1.29, 1.82) is 0 Å². The molecule has 1 fully saturated rings. The van der Waals surface area contributed by atoms with Crippen LogP contribution >= 0.6 is 0 Å². The first-order valence-corrected chi connectivity index (χ1v) is 6.25. The van der Waals surface area contributed by atoms with Gasteiger partial charge in [0.15, 0.2) is 0 Å². The summed E-state index contributed by atoms with van der Waals surface area (Å²) in [5.74, 6) is 5.17. The van der Waals surface area contributed by atoms with Crippen LogP contribution in [0.1, 0.15) is 43.2 Å². The van der Waals surface area contributed by atoms with E-state index in [2.05, 4.69) is 17.2 Å². The summed E-state index contributed by atoms with van der Waals surface area (Å²) in [5, 5.41) is 13.3. The topological polar surface area (TPSA) is 58.6 Å². The first-order valence-electron chi connectivity index (χ1n) is 6.25. The molecule has 1 aromatic carbocycles. The monoisotopic (exact) mass is 232 g/mol. The Kier molecular flexibility index (Phi) is 3.79. The van der Waals surface area contributed by atoms with Crippen molar-refractivity contribution in [1.82, 2.24) is 0 Å². The Hall–Kier alpha value is -1.35. The summed E-state index contributed by atoms with van der Waals surface area (Å²) >= 11 is 0. The number of nitrogens with zero attached hydrogens (tertiary/aromatic N) is 1. The summed E-state index contributed by atoms with van der Waals surface area (Å²) in [7, 11) is 0. The third-order valence-electron chi connectivity index (χ3n) is 3.84. The number of aliphatic hydroxyl groups is 1. The Balaban J connectivity index is 2.32. The van der Waals surface area contributed by atoms with Crippen LogP contribution < -0.4 is 5.84 Å². The van der Waals surface area contributed by atoms with Crippen LogP contribution in [0.2, 0.25) is 0 Å². The molecule has 3 heteroatoms. The predicted molar refractivity (Wildman–Crippen MR) is 70.1 cm³/mol. The molecule has 1 aromatic rings. The van der Waals surface area contributed by atoms with Gasteiger partial charge in [-0.15, -0.1) is 0 Å². The molecule has 92 valence electrons. The van der Waals surface area contributed by atoms with Crippen LogP contribution in [0.15, 0.2) is 29.4 Å². The molecule has 0 heterocycles. The predicted octanol–water partition coefficient (Wildman–Crippen LogP) is 2.17. The minimum Gasteiger partial charge on any atom is -0.395 e. The zero-order valence-electron chi connectivity index (χ0n) is 10.1. The quantitative estimate of drug-likeness (QED) is 0.476. The van der Waals surface area contributed by atoms with Crippen LogP contribution in [0.4, 0.5) is 0 Å². The lowest BCUT2D eigenvalue weighted by Gasteiger charge is -2.36. The third-order valence-corrected chi connectivity index (χ3v) is 3.84. The number of hydrazone groups is 1. The lowest BCUT2D eigenvalue weighted by molar-refractivity contribution is 0.152. The number of rotatable bonds is 3. The molecule has 0 saturated heterocycles. The van der Waals surface area contributed by atoms with Gasteiger partial charge in [-0.25, -0.2) is 0 Å². The van der Waals surface area contributed by atoms with Crippen molar-refractivity contribution >= 4 is 6.21 Å². The standard InChI is InChI=1S/C14H20N2O/c15-16-10-12-5-4-6-13(9-12)14(11-17)7-2-1-3-8-14/h4-6,9-10,17H,1-3,7-8,11,15H2. The molecule has 3 N–H and O–H groups in total. The van der Waals surface area contributed by atoms with Gasteiger partial charge in [0.25, 0.3) is 0 Å². The molecule has 1 saturated carbocycles. The Labute approximate surface area is 102 Å². The normalized spacial score (nSPS) is 19.6. The van der Waals surface area contributed by atoms with Gasteiger partial charge in [0.2, 0.25) is 0 Å². The summed E-state index contributed by atoms with van der Waals surface area (Å²) in [6.45, 7) is 0.232. The maximum atomic E-state index is 9.76. The van der Waals surface area contributed by atoms with Crippen LogP contribution in [-0.4, -0.2) is 17.9 Å². The maximum Gasteiger partial charge on any atom is 0.0538 e. The summed E-state index contributed by atoms with van der Waals surface area (Å²) in [5.41, 5.74) is 2.18. The van der Waals surface area contributed by atoms with Crippen molar-refractivity contribution in [2.45, 2.75) is 37.5 Å². The lowest BCUT2D eigenvalue weighted by Crippen LogP contribution is -2.33. The number of hydrogen-bond donors (Lipinski definition) is 2. The van der Waals surface area contributed by atoms with E-state index in [0.29, 0.717) is 0 Å². The Morgan fingerprint density at radius 1 is 1.29 bits per heavy atom.